The molecule has 0 heterocycles. The largest absolute Gasteiger partial charge is 0.471 e. The van der Waals surface area contributed by atoms with Gasteiger partial charge in [-0.1, -0.05) is 75.1 Å². The molecule has 0 aromatic heterocycles. The summed E-state index contributed by atoms with van der Waals surface area (Å²) in [6, 6.07) is 9.06. The Morgan fingerprint density at radius 2 is 1.89 bits per heavy atom. The molecular weight excluding hydrogens is 351 g/mol. The van der Waals surface area contributed by atoms with Gasteiger partial charge in [0.2, 0.25) is 0 Å². The van der Waals surface area contributed by atoms with Crippen LogP contribution >= 0.6 is 0 Å². The average Bonchev–Trinajstić information content (AvgIpc) is 3.40. The topological polar surface area (TPSA) is 20.3 Å². The van der Waals surface area contributed by atoms with Crippen molar-refractivity contribution in [1.82, 2.24) is 4.90 Å². The Morgan fingerprint density at radius 3 is 2.44 bits per heavy atom. The Labute approximate surface area is 160 Å². The molecule has 0 saturated heterocycles. The molecule has 5 heteroatoms. The number of alkyl halides is 3. The maximum absolute atomic E-state index is 13.2. The van der Waals surface area contributed by atoms with E-state index in [-0.39, 0.29) is 12.0 Å². The summed E-state index contributed by atoms with van der Waals surface area (Å²) >= 11 is 0. The van der Waals surface area contributed by atoms with E-state index in [0.29, 0.717) is 12.8 Å². The quantitative estimate of drug-likeness (QED) is 0.465. The first-order valence-corrected chi connectivity index (χ1v) is 9.94. The fraction of sp³-hybridized carbons (Fsp3) is 0.591. The first-order chi connectivity index (χ1) is 12.8. The third-order valence-electron chi connectivity index (χ3n) is 5.33. The molecule has 0 radical (unpaired) electrons. The van der Waals surface area contributed by atoms with Gasteiger partial charge in [0.15, 0.2) is 0 Å². The number of benzene rings is 1. The molecule has 1 amide bonds. The van der Waals surface area contributed by atoms with Gasteiger partial charge in [-0.15, -0.1) is 0 Å². The van der Waals surface area contributed by atoms with Crippen LogP contribution in [0, 0.1) is 5.92 Å². The van der Waals surface area contributed by atoms with Gasteiger partial charge in [-0.25, -0.2) is 0 Å². The molecule has 1 aliphatic rings. The number of halogens is 3. The van der Waals surface area contributed by atoms with Gasteiger partial charge in [0.05, 0.1) is 0 Å². The number of hydrogen-bond acceptors (Lipinski definition) is 1. The van der Waals surface area contributed by atoms with E-state index in [2.05, 4.69) is 13.0 Å². The summed E-state index contributed by atoms with van der Waals surface area (Å²) in [5, 5.41) is 0. The Morgan fingerprint density at radius 1 is 1.22 bits per heavy atom. The van der Waals surface area contributed by atoms with Gasteiger partial charge >= 0.3 is 12.1 Å². The van der Waals surface area contributed by atoms with Crippen LogP contribution in [0.3, 0.4) is 0 Å². The predicted molar refractivity (Wildman–Crippen MR) is 103 cm³/mol. The van der Waals surface area contributed by atoms with Crippen LogP contribution in [0.4, 0.5) is 13.2 Å². The summed E-state index contributed by atoms with van der Waals surface area (Å²) in [6.45, 7) is 5.83. The molecule has 1 aliphatic carbocycles. The van der Waals surface area contributed by atoms with E-state index in [1.807, 2.05) is 37.3 Å². The lowest BCUT2D eigenvalue weighted by Gasteiger charge is -2.31. The second kappa shape index (κ2) is 9.43. The van der Waals surface area contributed by atoms with Gasteiger partial charge in [-0.3, -0.25) is 4.79 Å². The predicted octanol–water partition coefficient (Wildman–Crippen LogP) is 6.23. The zero-order valence-electron chi connectivity index (χ0n) is 16.4. The number of unbranched alkanes of at least 4 members (excludes halogenated alkanes) is 2. The van der Waals surface area contributed by atoms with Crippen molar-refractivity contribution in [2.24, 2.45) is 5.92 Å². The van der Waals surface area contributed by atoms with E-state index in [1.54, 1.807) is 6.92 Å². The molecule has 2 nitrogen and oxygen atoms in total. The second-order valence-corrected chi connectivity index (χ2v) is 7.45. The fourth-order valence-corrected chi connectivity index (χ4v) is 3.78. The van der Waals surface area contributed by atoms with E-state index in [0.717, 1.165) is 41.7 Å². The second-order valence-electron chi connectivity index (χ2n) is 7.45. The molecule has 0 spiro atoms. The molecule has 1 aromatic rings. The first kappa shape index (κ1) is 21.5. The third-order valence-corrected chi connectivity index (χ3v) is 5.33. The monoisotopic (exact) mass is 381 g/mol. The van der Waals surface area contributed by atoms with Crippen LogP contribution in [-0.4, -0.2) is 29.1 Å². The van der Waals surface area contributed by atoms with Crippen LogP contribution in [0.1, 0.15) is 64.9 Å². The van der Waals surface area contributed by atoms with E-state index in [1.165, 1.54) is 0 Å². The van der Waals surface area contributed by atoms with Crippen molar-refractivity contribution in [3.63, 3.8) is 0 Å². The molecule has 1 aromatic carbocycles. The summed E-state index contributed by atoms with van der Waals surface area (Å²) in [4.78, 5) is 13.2. The van der Waals surface area contributed by atoms with Gasteiger partial charge in [0.25, 0.3) is 0 Å². The number of hydrogen-bond donors (Lipinski definition) is 0. The molecule has 0 aliphatic heterocycles. The van der Waals surface area contributed by atoms with Crippen LogP contribution < -0.4 is 0 Å². The highest BCUT2D eigenvalue weighted by Crippen LogP contribution is 2.45. The van der Waals surface area contributed by atoms with Crippen molar-refractivity contribution >= 4 is 12.0 Å². The highest BCUT2D eigenvalue weighted by atomic mass is 19.4. The number of rotatable bonds is 9. The Bertz CT molecular complexity index is 639. The van der Waals surface area contributed by atoms with Crippen LogP contribution in [0.15, 0.2) is 35.9 Å². The first-order valence-electron chi connectivity index (χ1n) is 9.94. The van der Waals surface area contributed by atoms with Crippen molar-refractivity contribution in [1.29, 1.82) is 0 Å². The SMILES string of the molecule is CCCCCC(C)N(C(=O)C(F)(F)F)[C@@H]1C[C@H]1/C(=C/c1ccccc1)CC. The molecule has 3 atom stereocenters. The molecule has 2 rings (SSSR count). The fourth-order valence-electron chi connectivity index (χ4n) is 3.78. The van der Waals surface area contributed by atoms with Gasteiger partial charge in [-0.05, 0) is 31.7 Å². The average molecular weight is 381 g/mol. The van der Waals surface area contributed by atoms with Gasteiger partial charge in [0, 0.05) is 18.0 Å². The minimum absolute atomic E-state index is 0.0233. The lowest BCUT2D eigenvalue weighted by molar-refractivity contribution is -0.188. The molecule has 0 N–H and O–H groups in total. The lowest BCUT2D eigenvalue weighted by Crippen LogP contribution is -2.48. The highest BCUT2D eigenvalue weighted by molar-refractivity contribution is 5.83. The Balaban J connectivity index is 2.17. The van der Waals surface area contributed by atoms with Crippen molar-refractivity contribution in [3.8, 4) is 0 Å². The molecule has 150 valence electrons. The van der Waals surface area contributed by atoms with E-state index in [9.17, 15) is 18.0 Å². The third kappa shape index (κ3) is 5.85. The number of nitrogens with zero attached hydrogens (tertiary/aromatic N) is 1. The zero-order valence-corrected chi connectivity index (χ0v) is 16.4. The molecule has 1 unspecified atom stereocenters. The van der Waals surface area contributed by atoms with E-state index < -0.39 is 18.1 Å². The highest BCUT2D eigenvalue weighted by Gasteiger charge is 2.53. The van der Waals surface area contributed by atoms with Gasteiger partial charge in [-0.2, -0.15) is 13.2 Å². The maximum Gasteiger partial charge on any atom is 0.471 e. The maximum atomic E-state index is 13.2. The van der Waals surface area contributed by atoms with E-state index in [4.69, 9.17) is 0 Å². The molecule has 1 fully saturated rings. The molecule has 0 bridgehead atoms. The summed E-state index contributed by atoms with van der Waals surface area (Å²) in [7, 11) is 0. The lowest BCUT2D eigenvalue weighted by atomic mass is 10.0. The standard InChI is InChI=1S/C22H30F3NO/c1-4-6-8-11-16(3)26(21(27)22(23,24)25)20-15-19(20)18(5-2)14-17-12-9-7-10-13-17/h7,9-10,12-14,16,19-20H,4-6,8,11,15H2,1-3H3/b18-14+/t16?,19-,20+/m0/s1. The van der Waals surface area contributed by atoms with Crippen LogP contribution in [-0.2, 0) is 4.79 Å². The summed E-state index contributed by atoms with van der Waals surface area (Å²) < 4.78 is 39.6. The Hall–Kier alpha value is -1.78. The number of carbonyl (C=O) groups is 1. The van der Waals surface area contributed by atoms with Crippen molar-refractivity contribution in [3.05, 3.63) is 41.5 Å². The minimum atomic E-state index is -4.82. The van der Waals surface area contributed by atoms with Crippen molar-refractivity contribution in [2.75, 3.05) is 0 Å². The van der Waals surface area contributed by atoms with Crippen LogP contribution in [0.2, 0.25) is 0 Å². The molecule has 1 saturated carbocycles. The summed E-state index contributed by atoms with van der Waals surface area (Å²) in [5.74, 6) is -1.66. The molecule has 27 heavy (non-hydrogen) atoms. The summed E-state index contributed by atoms with van der Waals surface area (Å²) in [6.07, 6.45) is 2.07. The van der Waals surface area contributed by atoms with Gasteiger partial charge in [0.1, 0.15) is 0 Å². The Kier molecular flexibility index (Phi) is 7.51. The smallest absolute Gasteiger partial charge is 0.329 e. The number of amides is 1. The van der Waals surface area contributed by atoms with Crippen molar-refractivity contribution < 1.29 is 18.0 Å². The zero-order chi connectivity index (χ0) is 20.0. The number of carbonyl (C=O) groups excluding carboxylic acids is 1. The van der Waals surface area contributed by atoms with Crippen LogP contribution in [0.25, 0.3) is 6.08 Å². The van der Waals surface area contributed by atoms with Crippen LogP contribution in [0.5, 0.6) is 0 Å². The van der Waals surface area contributed by atoms with Crippen molar-refractivity contribution in [2.45, 2.75) is 77.6 Å². The summed E-state index contributed by atoms with van der Waals surface area (Å²) in [5.41, 5.74) is 2.16. The van der Waals surface area contributed by atoms with Gasteiger partial charge < -0.3 is 4.90 Å². The normalized spacial score (nSPS) is 21.0. The van der Waals surface area contributed by atoms with E-state index >= 15 is 0 Å². The minimum Gasteiger partial charge on any atom is -0.329 e. The molecular formula is C22H30F3NO.